The standard InChI is InChI=1S/C9H19BrO2/c1-7(2)11-9(5-6-10)12-8(3)4/h7-9H,5-6H2,1-4H3. The molecular formula is C9H19BrO2. The van der Waals surface area contributed by atoms with Crippen LogP contribution in [0, 0.1) is 0 Å². The van der Waals surface area contributed by atoms with E-state index in [4.69, 9.17) is 9.47 Å². The summed E-state index contributed by atoms with van der Waals surface area (Å²) in [5, 5.41) is 0.914. The van der Waals surface area contributed by atoms with Crippen LogP contribution in [0.5, 0.6) is 0 Å². The molecule has 0 aromatic carbocycles. The van der Waals surface area contributed by atoms with Gasteiger partial charge in [-0.1, -0.05) is 15.9 Å². The van der Waals surface area contributed by atoms with Crippen LogP contribution in [0.3, 0.4) is 0 Å². The molecule has 0 saturated carbocycles. The molecule has 0 rings (SSSR count). The first-order valence-corrected chi connectivity index (χ1v) is 5.55. The number of hydrogen-bond acceptors (Lipinski definition) is 2. The molecule has 0 aromatic rings. The molecule has 0 atom stereocenters. The highest BCUT2D eigenvalue weighted by molar-refractivity contribution is 9.09. The fourth-order valence-corrected chi connectivity index (χ4v) is 1.24. The van der Waals surface area contributed by atoms with Crippen LogP contribution < -0.4 is 0 Å². The van der Waals surface area contributed by atoms with Gasteiger partial charge in [-0.25, -0.2) is 0 Å². The Kier molecular flexibility index (Phi) is 7.10. The van der Waals surface area contributed by atoms with Crippen LogP contribution in [0.4, 0.5) is 0 Å². The van der Waals surface area contributed by atoms with E-state index in [0.29, 0.717) is 0 Å². The van der Waals surface area contributed by atoms with Crippen LogP contribution >= 0.6 is 15.9 Å². The molecule has 0 unspecified atom stereocenters. The third-order valence-corrected chi connectivity index (χ3v) is 1.65. The van der Waals surface area contributed by atoms with E-state index >= 15 is 0 Å². The molecule has 0 aliphatic carbocycles. The second-order valence-corrected chi connectivity index (χ2v) is 4.07. The largest absolute Gasteiger partial charge is 0.350 e. The predicted molar refractivity (Wildman–Crippen MR) is 54.6 cm³/mol. The van der Waals surface area contributed by atoms with Crippen LogP contribution in [-0.4, -0.2) is 23.8 Å². The average Bonchev–Trinajstić information content (AvgIpc) is 1.84. The Hall–Kier alpha value is 0.400. The Bertz CT molecular complexity index is 94.7. The molecule has 0 N–H and O–H groups in total. The molecule has 0 bridgehead atoms. The van der Waals surface area contributed by atoms with Gasteiger partial charge in [0, 0.05) is 11.8 Å². The van der Waals surface area contributed by atoms with E-state index in [1.54, 1.807) is 0 Å². The van der Waals surface area contributed by atoms with Crippen molar-refractivity contribution in [3.63, 3.8) is 0 Å². The summed E-state index contributed by atoms with van der Waals surface area (Å²) in [5.74, 6) is 0. The fourth-order valence-electron chi connectivity index (χ4n) is 0.864. The van der Waals surface area contributed by atoms with Crippen LogP contribution in [0.15, 0.2) is 0 Å². The van der Waals surface area contributed by atoms with Crippen molar-refractivity contribution in [1.82, 2.24) is 0 Å². The molecule has 0 aliphatic heterocycles. The van der Waals surface area contributed by atoms with Gasteiger partial charge in [0.05, 0.1) is 12.2 Å². The van der Waals surface area contributed by atoms with Gasteiger partial charge in [-0.15, -0.1) is 0 Å². The van der Waals surface area contributed by atoms with Gasteiger partial charge < -0.3 is 9.47 Å². The molecule has 0 saturated heterocycles. The van der Waals surface area contributed by atoms with Crippen molar-refractivity contribution < 1.29 is 9.47 Å². The second kappa shape index (κ2) is 6.87. The molecule has 2 nitrogen and oxygen atoms in total. The highest BCUT2D eigenvalue weighted by Crippen LogP contribution is 2.09. The van der Waals surface area contributed by atoms with Crippen molar-refractivity contribution in [1.29, 1.82) is 0 Å². The van der Waals surface area contributed by atoms with Crippen molar-refractivity contribution in [3.05, 3.63) is 0 Å². The predicted octanol–water partition coefficient (Wildman–Crippen LogP) is 2.95. The van der Waals surface area contributed by atoms with E-state index < -0.39 is 0 Å². The number of alkyl halides is 1. The van der Waals surface area contributed by atoms with E-state index in [-0.39, 0.29) is 18.5 Å². The molecule has 0 radical (unpaired) electrons. The normalized spacial score (nSPS) is 12.0. The van der Waals surface area contributed by atoms with Crippen molar-refractivity contribution >= 4 is 15.9 Å². The minimum absolute atomic E-state index is 0.0654. The zero-order valence-electron chi connectivity index (χ0n) is 8.34. The maximum absolute atomic E-state index is 5.55. The van der Waals surface area contributed by atoms with Gasteiger partial charge in [0.1, 0.15) is 0 Å². The third-order valence-electron chi connectivity index (χ3n) is 1.19. The quantitative estimate of drug-likeness (QED) is 0.524. The zero-order chi connectivity index (χ0) is 9.56. The summed E-state index contributed by atoms with van der Waals surface area (Å²) < 4.78 is 11.1. The van der Waals surface area contributed by atoms with Crippen LogP contribution in [0.25, 0.3) is 0 Å². The van der Waals surface area contributed by atoms with Gasteiger partial charge in [0.15, 0.2) is 6.29 Å². The summed E-state index contributed by atoms with van der Waals surface area (Å²) >= 11 is 3.37. The summed E-state index contributed by atoms with van der Waals surface area (Å²) in [6, 6.07) is 0. The molecule has 0 amide bonds. The minimum atomic E-state index is -0.0654. The summed E-state index contributed by atoms with van der Waals surface area (Å²) in [7, 11) is 0. The first-order chi connectivity index (χ1) is 5.56. The van der Waals surface area contributed by atoms with Crippen molar-refractivity contribution in [3.8, 4) is 0 Å². The molecule has 0 spiro atoms. The van der Waals surface area contributed by atoms with E-state index in [1.807, 2.05) is 27.7 Å². The van der Waals surface area contributed by atoms with E-state index in [9.17, 15) is 0 Å². The average molecular weight is 239 g/mol. The number of hydrogen-bond donors (Lipinski definition) is 0. The monoisotopic (exact) mass is 238 g/mol. The maximum atomic E-state index is 5.55. The molecule has 0 heterocycles. The topological polar surface area (TPSA) is 18.5 Å². The lowest BCUT2D eigenvalue weighted by Crippen LogP contribution is -2.24. The Labute approximate surface area is 83.8 Å². The highest BCUT2D eigenvalue weighted by atomic mass is 79.9. The maximum Gasteiger partial charge on any atom is 0.159 e. The molecule has 12 heavy (non-hydrogen) atoms. The van der Waals surface area contributed by atoms with E-state index in [2.05, 4.69) is 15.9 Å². The van der Waals surface area contributed by atoms with Gasteiger partial charge in [0.2, 0.25) is 0 Å². The molecular weight excluding hydrogens is 220 g/mol. The van der Waals surface area contributed by atoms with Crippen LogP contribution in [0.2, 0.25) is 0 Å². The molecule has 0 aromatic heterocycles. The summed E-state index contributed by atoms with van der Waals surface area (Å²) in [6.45, 7) is 8.08. The molecule has 3 heteroatoms. The number of halogens is 1. The van der Waals surface area contributed by atoms with Crippen LogP contribution in [-0.2, 0) is 9.47 Å². The lowest BCUT2D eigenvalue weighted by atomic mass is 10.4. The van der Waals surface area contributed by atoms with Gasteiger partial charge in [0.25, 0.3) is 0 Å². The second-order valence-electron chi connectivity index (χ2n) is 3.28. The summed E-state index contributed by atoms with van der Waals surface area (Å²) in [6.07, 6.45) is 1.29. The van der Waals surface area contributed by atoms with E-state index in [1.165, 1.54) is 0 Å². The Morgan fingerprint density at radius 2 is 1.42 bits per heavy atom. The van der Waals surface area contributed by atoms with Crippen LogP contribution in [0.1, 0.15) is 34.1 Å². The first kappa shape index (κ1) is 12.4. The smallest absolute Gasteiger partial charge is 0.159 e. The number of rotatable bonds is 6. The Balaban J connectivity index is 3.69. The first-order valence-electron chi connectivity index (χ1n) is 4.43. The SMILES string of the molecule is CC(C)OC(CCBr)OC(C)C. The van der Waals surface area contributed by atoms with Gasteiger partial charge in [-0.3, -0.25) is 0 Å². The number of ether oxygens (including phenoxy) is 2. The fraction of sp³-hybridized carbons (Fsp3) is 1.00. The lowest BCUT2D eigenvalue weighted by Gasteiger charge is -2.22. The van der Waals surface area contributed by atoms with E-state index in [0.717, 1.165) is 11.8 Å². The molecule has 74 valence electrons. The summed E-state index contributed by atoms with van der Waals surface area (Å²) in [4.78, 5) is 0. The summed E-state index contributed by atoms with van der Waals surface area (Å²) in [5.41, 5.74) is 0. The molecule has 0 aliphatic rings. The molecule has 0 fully saturated rings. The van der Waals surface area contributed by atoms with Gasteiger partial charge in [-0.2, -0.15) is 0 Å². The zero-order valence-corrected chi connectivity index (χ0v) is 9.93. The van der Waals surface area contributed by atoms with Gasteiger partial charge in [-0.05, 0) is 27.7 Å². The van der Waals surface area contributed by atoms with Crippen molar-refractivity contribution in [2.75, 3.05) is 5.33 Å². The van der Waals surface area contributed by atoms with Crippen molar-refractivity contribution in [2.24, 2.45) is 0 Å². The minimum Gasteiger partial charge on any atom is -0.350 e. The Morgan fingerprint density at radius 1 is 1.00 bits per heavy atom. The van der Waals surface area contributed by atoms with Gasteiger partial charge >= 0.3 is 0 Å². The highest BCUT2D eigenvalue weighted by Gasteiger charge is 2.11. The lowest BCUT2D eigenvalue weighted by molar-refractivity contribution is -0.180. The van der Waals surface area contributed by atoms with Crippen molar-refractivity contribution in [2.45, 2.75) is 52.6 Å². The third kappa shape index (κ3) is 7.07. The Morgan fingerprint density at radius 3 is 1.67 bits per heavy atom.